The van der Waals surface area contributed by atoms with Gasteiger partial charge in [-0.1, -0.05) is 37.5 Å². The average Bonchev–Trinajstić information content (AvgIpc) is 2.78. The lowest BCUT2D eigenvalue weighted by Crippen LogP contribution is -2.47. The van der Waals surface area contributed by atoms with Crippen LogP contribution >= 0.6 is 0 Å². The summed E-state index contributed by atoms with van der Waals surface area (Å²) in [7, 11) is 0. The zero-order valence-electron chi connectivity index (χ0n) is 17.0. The summed E-state index contributed by atoms with van der Waals surface area (Å²) in [6.45, 7) is 1.93. The van der Waals surface area contributed by atoms with Crippen LogP contribution in [0, 0.1) is 10.8 Å². The first-order chi connectivity index (χ1) is 14.2. The Morgan fingerprint density at radius 2 is 1.76 bits per heavy atom. The van der Waals surface area contributed by atoms with E-state index in [2.05, 4.69) is 16.3 Å². The minimum absolute atomic E-state index is 0.407. The molecule has 2 aromatic rings. The molecule has 0 radical (unpaired) electrons. The zero-order valence-corrected chi connectivity index (χ0v) is 17.0. The average molecular weight is 390 g/mol. The maximum absolute atomic E-state index is 8.51. The fourth-order valence-electron chi connectivity index (χ4n) is 4.64. The second-order valence-corrected chi connectivity index (χ2v) is 8.25. The van der Waals surface area contributed by atoms with Crippen LogP contribution in [0.4, 0.5) is 5.82 Å². The highest BCUT2D eigenvalue weighted by molar-refractivity contribution is 6.12. The number of pyridine rings is 1. The van der Waals surface area contributed by atoms with Gasteiger partial charge < -0.3 is 21.0 Å². The van der Waals surface area contributed by atoms with Gasteiger partial charge in [-0.15, -0.1) is 0 Å². The highest BCUT2D eigenvalue weighted by Gasteiger charge is 2.25. The van der Waals surface area contributed by atoms with Gasteiger partial charge in [0.05, 0.1) is 11.2 Å². The lowest BCUT2D eigenvalue weighted by atomic mass is 9.93. The number of nitrogens with zero attached hydrogens (tertiary/aromatic N) is 2. The molecular formula is C24H31N5. The van der Waals surface area contributed by atoms with Gasteiger partial charge in [0.15, 0.2) is 0 Å². The second kappa shape index (κ2) is 9.31. The molecule has 5 nitrogen and oxygen atoms in total. The number of piperidine rings is 1. The van der Waals surface area contributed by atoms with Crippen molar-refractivity contribution in [1.29, 1.82) is 10.8 Å². The molecule has 29 heavy (non-hydrogen) atoms. The third kappa shape index (κ3) is 4.73. The quantitative estimate of drug-likeness (QED) is 0.627. The Morgan fingerprint density at radius 1 is 1.03 bits per heavy atom. The molecular weight excluding hydrogens is 358 g/mol. The molecule has 0 spiro atoms. The van der Waals surface area contributed by atoms with E-state index in [-0.39, 0.29) is 0 Å². The van der Waals surface area contributed by atoms with Crippen molar-refractivity contribution in [3.63, 3.8) is 0 Å². The largest absolute Gasteiger partial charge is 0.356 e. The maximum Gasteiger partial charge on any atom is 0.138 e. The molecule has 1 aromatic heterocycles. The van der Waals surface area contributed by atoms with Crippen molar-refractivity contribution < 1.29 is 0 Å². The second-order valence-electron chi connectivity index (χ2n) is 8.25. The summed E-state index contributed by atoms with van der Waals surface area (Å²) in [6, 6.07) is 11.5. The molecule has 1 aliphatic carbocycles. The molecule has 1 aliphatic heterocycles. The molecule has 1 aromatic carbocycles. The van der Waals surface area contributed by atoms with Gasteiger partial charge in [-0.3, -0.25) is 0 Å². The van der Waals surface area contributed by atoms with Crippen LogP contribution in [-0.4, -0.2) is 42.1 Å². The number of rotatable bonds is 6. The molecule has 0 amide bonds. The molecule has 0 bridgehead atoms. The Kier molecular flexibility index (Phi) is 6.35. The zero-order chi connectivity index (χ0) is 20.1. The van der Waals surface area contributed by atoms with Crippen LogP contribution in [0.5, 0.6) is 0 Å². The third-order valence-electron chi connectivity index (χ3n) is 6.22. The van der Waals surface area contributed by atoms with E-state index in [1.54, 1.807) is 12.2 Å². The Hall–Kier alpha value is -2.53. The molecule has 3 N–H and O–H groups in total. The van der Waals surface area contributed by atoms with Gasteiger partial charge >= 0.3 is 0 Å². The van der Waals surface area contributed by atoms with Crippen molar-refractivity contribution in [1.82, 2.24) is 10.3 Å². The van der Waals surface area contributed by atoms with Gasteiger partial charge in [0, 0.05) is 42.3 Å². The summed E-state index contributed by atoms with van der Waals surface area (Å²) in [5.74, 6) is 0.902. The fourth-order valence-corrected chi connectivity index (χ4v) is 4.64. The summed E-state index contributed by atoms with van der Waals surface area (Å²) < 4.78 is 0. The topological polar surface area (TPSA) is 75.9 Å². The summed E-state index contributed by atoms with van der Waals surface area (Å²) >= 11 is 0. The van der Waals surface area contributed by atoms with E-state index < -0.39 is 0 Å². The minimum Gasteiger partial charge on any atom is -0.356 e. The number of allylic oxidation sites excluding steroid dienone is 2. The number of fused-ring (bicyclic) bond motifs is 1. The molecule has 4 rings (SSSR count). The van der Waals surface area contributed by atoms with Gasteiger partial charge in [0.25, 0.3) is 0 Å². The molecule has 152 valence electrons. The Bertz CT molecular complexity index is 889. The molecule has 0 unspecified atom stereocenters. The highest BCUT2D eigenvalue weighted by atomic mass is 15.2. The Balaban J connectivity index is 1.52. The van der Waals surface area contributed by atoms with Crippen LogP contribution in [0.1, 0.15) is 50.5 Å². The molecule has 2 fully saturated rings. The third-order valence-corrected chi connectivity index (χ3v) is 6.22. The number of para-hydroxylation sites is 1. The Labute approximate surface area is 173 Å². The predicted molar refractivity (Wildman–Crippen MR) is 122 cm³/mol. The van der Waals surface area contributed by atoms with Crippen LogP contribution in [0.3, 0.4) is 0 Å². The van der Waals surface area contributed by atoms with Crippen LogP contribution in [0.2, 0.25) is 0 Å². The first-order valence-electron chi connectivity index (χ1n) is 10.9. The lowest BCUT2D eigenvalue weighted by Gasteiger charge is -2.37. The Morgan fingerprint density at radius 3 is 2.52 bits per heavy atom. The van der Waals surface area contributed by atoms with E-state index in [1.807, 2.05) is 24.3 Å². The van der Waals surface area contributed by atoms with E-state index in [9.17, 15) is 0 Å². The smallest absolute Gasteiger partial charge is 0.138 e. The normalized spacial score (nSPS) is 19.1. The van der Waals surface area contributed by atoms with Crippen LogP contribution < -0.4 is 10.2 Å². The van der Waals surface area contributed by atoms with Crippen molar-refractivity contribution in [2.24, 2.45) is 0 Å². The van der Waals surface area contributed by atoms with Crippen LogP contribution in [-0.2, 0) is 0 Å². The number of nitrogens with one attached hydrogen (secondary N) is 3. The SMILES string of the molecule is N=CC=CC(=N)c1cc2ccccc2nc1N1CCC(NC2CCCCC2)CC1. The molecule has 1 saturated carbocycles. The van der Waals surface area contributed by atoms with E-state index >= 15 is 0 Å². The molecule has 2 heterocycles. The number of benzene rings is 1. The van der Waals surface area contributed by atoms with Crippen molar-refractivity contribution in [3.8, 4) is 0 Å². The van der Waals surface area contributed by atoms with Crippen LogP contribution in [0.15, 0.2) is 42.5 Å². The molecule has 5 heteroatoms. The molecule has 0 atom stereocenters. The van der Waals surface area contributed by atoms with E-state index in [4.69, 9.17) is 15.8 Å². The van der Waals surface area contributed by atoms with Crippen molar-refractivity contribution in [2.45, 2.75) is 57.0 Å². The summed E-state index contributed by atoms with van der Waals surface area (Å²) in [6.07, 6.45) is 13.5. The standard InChI is InChI=1S/C24H31N5/c25-14-6-10-22(26)21-17-18-7-4-5-11-23(18)28-24(21)29-15-12-20(13-16-29)27-19-8-2-1-3-9-19/h4-7,10-11,14,17,19-20,25-27H,1-3,8-9,12-13,15-16H2. The fraction of sp³-hybridized carbons (Fsp3) is 0.458. The summed E-state index contributed by atoms with van der Waals surface area (Å²) in [5, 5.41) is 20.7. The number of hydrogen-bond acceptors (Lipinski definition) is 5. The van der Waals surface area contributed by atoms with E-state index in [0.717, 1.165) is 48.2 Å². The number of aromatic nitrogens is 1. The number of anilines is 1. The van der Waals surface area contributed by atoms with Crippen molar-refractivity contribution in [2.75, 3.05) is 18.0 Å². The maximum atomic E-state index is 8.51. The molecule has 2 aliphatic rings. The van der Waals surface area contributed by atoms with Crippen LogP contribution in [0.25, 0.3) is 10.9 Å². The summed E-state index contributed by atoms with van der Waals surface area (Å²) in [5.41, 5.74) is 2.22. The van der Waals surface area contributed by atoms with E-state index in [0.29, 0.717) is 17.8 Å². The predicted octanol–water partition coefficient (Wildman–Crippen LogP) is 4.70. The highest BCUT2D eigenvalue weighted by Crippen LogP contribution is 2.28. The molecule has 1 saturated heterocycles. The lowest BCUT2D eigenvalue weighted by molar-refractivity contribution is 0.307. The van der Waals surface area contributed by atoms with Gasteiger partial charge in [0.1, 0.15) is 5.82 Å². The van der Waals surface area contributed by atoms with Gasteiger partial charge in [-0.2, -0.15) is 0 Å². The first-order valence-corrected chi connectivity index (χ1v) is 10.9. The van der Waals surface area contributed by atoms with Crippen molar-refractivity contribution >= 4 is 28.6 Å². The first kappa shape index (κ1) is 19.8. The number of hydrogen-bond donors (Lipinski definition) is 3. The van der Waals surface area contributed by atoms with Gasteiger partial charge in [0.2, 0.25) is 0 Å². The van der Waals surface area contributed by atoms with Gasteiger partial charge in [-0.25, -0.2) is 4.98 Å². The van der Waals surface area contributed by atoms with Gasteiger partial charge in [-0.05, 0) is 50.0 Å². The van der Waals surface area contributed by atoms with E-state index in [1.165, 1.54) is 38.3 Å². The monoisotopic (exact) mass is 389 g/mol. The summed E-state index contributed by atoms with van der Waals surface area (Å²) in [4.78, 5) is 7.28. The van der Waals surface area contributed by atoms with Crippen molar-refractivity contribution in [3.05, 3.63) is 48.0 Å². The minimum atomic E-state index is 0.407.